The van der Waals surface area contributed by atoms with Crippen LogP contribution >= 0.6 is 11.3 Å². The third-order valence-corrected chi connectivity index (χ3v) is 6.54. The molecule has 2 heterocycles. The van der Waals surface area contributed by atoms with E-state index in [0.29, 0.717) is 5.56 Å². The van der Waals surface area contributed by atoms with Crippen LogP contribution in [0.25, 0.3) is 10.2 Å². The molecule has 0 radical (unpaired) electrons. The number of amides is 1. The number of fused-ring (bicyclic) bond motifs is 2. The number of rotatable bonds is 3. The molecule has 1 aliphatic carbocycles. The average Bonchev–Trinajstić information content (AvgIpc) is 3.32. The standard InChI is InChI=1S/C21H22N4OS/c26-20(23-17-7-5-14-3-1-2-4-16(14)17)15-6-8-18-19(13-15)27-21(24-18)25-11-9-22-10-12-25/h1-4,6,8,13,17,22H,5,7,9-12H2,(H,23,26)/t17-/m0/s1. The average molecular weight is 379 g/mol. The van der Waals surface area contributed by atoms with Gasteiger partial charge in [-0.2, -0.15) is 0 Å². The van der Waals surface area contributed by atoms with Gasteiger partial charge >= 0.3 is 0 Å². The van der Waals surface area contributed by atoms with Crippen LogP contribution < -0.4 is 15.5 Å². The molecule has 1 fully saturated rings. The Bertz CT molecular complexity index is 993. The summed E-state index contributed by atoms with van der Waals surface area (Å²) in [5, 5.41) is 7.63. The highest BCUT2D eigenvalue weighted by Gasteiger charge is 2.24. The van der Waals surface area contributed by atoms with Crippen LogP contribution in [0.15, 0.2) is 42.5 Å². The smallest absolute Gasteiger partial charge is 0.251 e. The first-order valence-electron chi connectivity index (χ1n) is 9.53. The summed E-state index contributed by atoms with van der Waals surface area (Å²) in [4.78, 5) is 19.9. The SMILES string of the molecule is O=C(N[C@H]1CCc2ccccc21)c1ccc2nc(N3CCNCC3)sc2c1. The molecule has 2 N–H and O–H groups in total. The maximum atomic E-state index is 12.8. The molecule has 138 valence electrons. The van der Waals surface area contributed by atoms with Crippen molar-refractivity contribution in [1.29, 1.82) is 0 Å². The second-order valence-electron chi connectivity index (χ2n) is 7.18. The van der Waals surface area contributed by atoms with Crippen LogP contribution in [0.4, 0.5) is 5.13 Å². The molecule has 1 aromatic heterocycles. The number of piperazine rings is 1. The molecule has 0 unspecified atom stereocenters. The molecule has 2 aliphatic rings. The van der Waals surface area contributed by atoms with Crippen LogP contribution in [-0.4, -0.2) is 37.1 Å². The fourth-order valence-corrected chi connectivity index (χ4v) is 5.05. The molecule has 0 bridgehead atoms. The molecular formula is C21H22N4OS. The van der Waals surface area contributed by atoms with Gasteiger partial charge in [0.25, 0.3) is 5.91 Å². The van der Waals surface area contributed by atoms with E-state index < -0.39 is 0 Å². The van der Waals surface area contributed by atoms with Crippen molar-refractivity contribution in [2.24, 2.45) is 0 Å². The number of aryl methyl sites for hydroxylation is 1. The van der Waals surface area contributed by atoms with E-state index in [9.17, 15) is 4.79 Å². The van der Waals surface area contributed by atoms with Crippen molar-refractivity contribution in [2.75, 3.05) is 31.1 Å². The monoisotopic (exact) mass is 378 g/mol. The lowest BCUT2D eigenvalue weighted by molar-refractivity contribution is 0.0937. The van der Waals surface area contributed by atoms with E-state index >= 15 is 0 Å². The minimum atomic E-state index is -0.00396. The summed E-state index contributed by atoms with van der Waals surface area (Å²) in [7, 11) is 0. The lowest BCUT2D eigenvalue weighted by atomic mass is 10.1. The van der Waals surface area contributed by atoms with Crippen LogP contribution in [0.2, 0.25) is 0 Å². The summed E-state index contributed by atoms with van der Waals surface area (Å²) in [5.74, 6) is -0.00396. The number of carbonyl (C=O) groups excluding carboxylic acids is 1. The normalized spacial score (nSPS) is 19.3. The number of carbonyl (C=O) groups is 1. The number of hydrogen-bond donors (Lipinski definition) is 2. The molecule has 1 saturated heterocycles. The molecule has 1 aliphatic heterocycles. The lowest BCUT2D eigenvalue weighted by Crippen LogP contribution is -2.43. The van der Waals surface area contributed by atoms with Gasteiger partial charge in [-0.3, -0.25) is 4.79 Å². The summed E-state index contributed by atoms with van der Waals surface area (Å²) in [6.07, 6.45) is 2.00. The van der Waals surface area contributed by atoms with E-state index in [1.807, 2.05) is 24.3 Å². The minimum absolute atomic E-state index is 0.00396. The van der Waals surface area contributed by atoms with Crippen molar-refractivity contribution in [3.05, 3.63) is 59.2 Å². The van der Waals surface area contributed by atoms with Gasteiger partial charge in [0.1, 0.15) is 0 Å². The van der Waals surface area contributed by atoms with Crippen LogP contribution in [0.1, 0.15) is 33.9 Å². The van der Waals surface area contributed by atoms with E-state index in [0.717, 1.165) is 54.4 Å². The first-order valence-corrected chi connectivity index (χ1v) is 10.3. The van der Waals surface area contributed by atoms with Gasteiger partial charge in [-0.15, -0.1) is 0 Å². The molecule has 5 rings (SSSR count). The van der Waals surface area contributed by atoms with Crippen molar-refractivity contribution < 1.29 is 4.79 Å². The van der Waals surface area contributed by atoms with E-state index in [2.05, 4.69) is 33.7 Å². The van der Waals surface area contributed by atoms with Gasteiger partial charge in [-0.1, -0.05) is 35.6 Å². The van der Waals surface area contributed by atoms with E-state index in [1.54, 1.807) is 11.3 Å². The number of nitrogens with one attached hydrogen (secondary N) is 2. The third-order valence-electron chi connectivity index (χ3n) is 5.47. The van der Waals surface area contributed by atoms with Crippen molar-refractivity contribution in [3.63, 3.8) is 0 Å². The molecule has 1 atom stereocenters. The molecule has 0 saturated carbocycles. The fourth-order valence-electron chi connectivity index (χ4n) is 3.99. The van der Waals surface area contributed by atoms with Crippen molar-refractivity contribution in [1.82, 2.24) is 15.6 Å². The van der Waals surface area contributed by atoms with Gasteiger partial charge in [0.15, 0.2) is 5.13 Å². The zero-order valence-electron chi connectivity index (χ0n) is 15.1. The number of hydrogen-bond acceptors (Lipinski definition) is 5. The predicted octanol–water partition coefficient (Wildman–Crippen LogP) is 3.12. The number of anilines is 1. The summed E-state index contributed by atoms with van der Waals surface area (Å²) in [5.41, 5.74) is 4.28. The second-order valence-corrected chi connectivity index (χ2v) is 8.19. The van der Waals surface area contributed by atoms with E-state index in [4.69, 9.17) is 4.98 Å². The molecular weight excluding hydrogens is 356 g/mol. The highest BCUT2D eigenvalue weighted by molar-refractivity contribution is 7.22. The number of aromatic nitrogens is 1. The van der Waals surface area contributed by atoms with Crippen LogP contribution in [0, 0.1) is 0 Å². The lowest BCUT2D eigenvalue weighted by Gasteiger charge is -2.26. The minimum Gasteiger partial charge on any atom is -0.346 e. The van der Waals surface area contributed by atoms with Gasteiger partial charge in [0.2, 0.25) is 0 Å². The maximum absolute atomic E-state index is 12.8. The highest BCUT2D eigenvalue weighted by atomic mass is 32.1. The molecule has 2 aromatic carbocycles. The van der Waals surface area contributed by atoms with Gasteiger partial charge in [0.05, 0.1) is 16.3 Å². The summed E-state index contributed by atoms with van der Waals surface area (Å²) >= 11 is 1.67. The van der Waals surface area contributed by atoms with E-state index in [1.165, 1.54) is 11.1 Å². The Kier molecular flexibility index (Phi) is 4.30. The molecule has 27 heavy (non-hydrogen) atoms. The molecule has 5 nitrogen and oxygen atoms in total. The summed E-state index contributed by atoms with van der Waals surface area (Å²) in [6, 6.07) is 14.3. The Morgan fingerprint density at radius 1 is 1.19 bits per heavy atom. The number of nitrogens with zero attached hydrogens (tertiary/aromatic N) is 2. The van der Waals surface area contributed by atoms with Crippen LogP contribution in [0.3, 0.4) is 0 Å². The Morgan fingerprint density at radius 2 is 2.04 bits per heavy atom. The van der Waals surface area contributed by atoms with Gasteiger partial charge in [-0.05, 0) is 42.2 Å². The Balaban J connectivity index is 1.36. The van der Waals surface area contributed by atoms with Gasteiger partial charge in [0, 0.05) is 31.7 Å². The number of thiazole rings is 1. The molecule has 6 heteroatoms. The predicted molar refractivity (Wildman–Crippen MR) is 110 cm³/mol. The molecule has 3 aromatic rings. The topological polar surface area (TPSA) is 57.3 Å². The van der Waals surface area contributed by atoms with Crippen molar-refractivity contribution in [2.45, 2.75) is 18.9 Å². The molecule has 1 amide bonds. The Hall–Kier alpha value is -2.44. The quantitative estimate of drug-likeness (QED) is 0.735. The summed E-state index contributed by atoms with van der Waals surface area (Å²) < 4.78 is 1.07. The summed E-state index contributed by atoms with van der Waals surface area (Å²) in [6.45, 7) is 3.95. The van der Waals surface area contributed by atoms with Gasteiger partial charge < -0.3 is 15.5 Å². The largest absolute Gasteiger partial charge is 0.346 e. The fraction of sp³-hybridized carbons (Fsp3) is 0.333. The highest BCUT2D eigenvalue weighted by Crippen LogP contribution is 2.32. The third kappa shape index (κ3) is 3.19. The van der Waals surface area contributed by atoms with Gasteiger partial charge in [-0.25, -0.2) is 4.98 Å². The first-order chi connectivity index (χ1) is 13.3. The second kappa shape index (κ2) is 6.94. The van der Waals surface area contributed by atoms with Crippen molar-refractivity contribution >= 4 is 32.6 Å². The first kappa shape index (κ1) is 16.7. The van der Waals surface area contributed by atoms with Crippen LogP contribution in [-0.2, 0) is 6.42 Å². The van der Waals surface area contributed by atoms with Crippen molar-refractivity contribution in [3.8, 4) is 0 Å². The maximum Gasteiger partial charge on any atom is 0.251 e. The van der Waals surface area contributed by atoms with E-state index in [-0.39, 0.29) is 11.9 Å². The van der Waals surface area contributed by atoms with Crippen LogP contribution in [0.5, 0.6) is 0 Å². The zero-order chi connectivity index (χ0) is 18.2. The Morgan fingerprint density at radius 3 is 2.93 bits per heavy atom. The molecule has 0 spiro atoms. The number of benzene rings is 2. The zero-order valence-corrected chi connectivity index (χ0v) is 15.9. The Labute approximate surface area is 162 Å².